The van der Waals surface area contributed by atoms with Crippen molar-refractivity contribution in [2.75, 3.05) is 31.9 Å². The van der Waals surface area contributed by atoms with Gasteiger partial charge in [0.1, 0.15) is 5.76 Å². The Morgan fingerprint density at radius 3 is 2.83 bits per heavy atom. The minimum Gasteiger partial charge on any atom is -0.469 e. The lowest BCUT2D eigenvalue weighted by Crippen LogP contribution is -2.41. The molecule has 0 saturated carbocycles. The van der Waals surface area contributed by atoms with E-state index in [2.05, 4.69) is 10.2 Å². The number of guanidine groups is 1. The van der Waals surface area contributed by atoms with Crippen LogP contribution in [0.1, 0.15) is 19.1 Å². The molecule has 1 aliphatic heterocycles. The summed E-state index contributed by atoms with van der Waals surface area (Å²) in [4.78, 5) is 8.26. The molecule has 3 rings (SSSR count). The second-order valence-corrected chi connectivity index (χ2v) is 8.60. The summed E-state index contributed by atoms with van der Waals surface area (Å²) in [6.45, 7) is 5.14. The van der Waals surface area contributed by atoms with Gasteiger partial charge in [0, 0.05) is 54.2 Å². The smallest absolute Gasteiger partial charge is 0.193 e. The van der Waals surface area contributed by atoms with Gasteiger partial charge in [-0.2, -0.15) is 0 Å². The maximum Gasteiger partial charge on any atom is 0.193 e. The van der Waals surface area contributed by atoms with Crippen LogP contribution in [0.15, 0.2) is 57.0 Å². The molecule has 0 bridgehead atoms. The van der Waals surface area contributed by atoms with Crippen LogP contribution >= 0.6 is 47.3 Å². The van der Waals surface area contributed by atoms with E-state index < -0.39 is 0 Å². The molecular weight excluding hydrogens is 521 g/mol. The number of aliphatic hydroxyl groups is 1. The summed E-state index contributed by atoms with van der Waals surface area (Å²) in [5.74, 6) is 3.11. The van der Waals surface area contributed by atoms with Crippen molar-refractivity contribution < 1.29 is 9.52 Å². The number of rotatable bonds is 8. The number of nitrogens with zero attached hydrogens (tertiary/aromatic N) is 2. The van der Waals surface area contributed by atoms with Crippen LogP contribution in [-0.4, -0.2) is 54.0 Å². The molecule has 160 valence electrons. The largest absolute Gasteiger partial charge is 0.469 e. The first-order chi connectivity index (χ1) is 13.6. The van der Waals surface area contributed by atoms with Crippen LogP contribution in [0, 0.1) is 5.92 Å². The van der Waals surface area contributed by atoms with Crippen molar-refractivity contribution >= 4 is 53.3 Å². The Labute approximate surface area is 199 Å². The first-order valence-corrected chi connectivity index (χ1v) is 11.1. The van der Waals surface area contributed by atoms with E-state index >= 15 is 0 Å². The fourth-order valence-electron chi connectivity index (χ4n) is 3.23. The predicted octanol–water partition coefficient (Wildman–Crippen LogP) is 4.53. The molecule has 0 amide bonds. The average Bonchev–Trinajstić information content (AvgIpc) is 3.37. The van der Waals surface area contributed by atoms with Crippen molar-refractivity contribution in [3.05, 3.63) is 53.4 Å². The minimum absolute atomic E-state index is 0. The molecule has 1 fully saturated rings. The Hall–Kier alpha value is -0.900. The van der Waals surface area contributed by atoms with E-state index in [0.29, 0.717) is 12.5 Å². The van der Waals surface area contributed by atoms with E-state index in [1.54, 1.807) is 18.0 Å². The van der Waals surface area contributed by atoms with Crippen LogP contribution in [0.5, 0.6) is 0 Å². The van der Waals surface area contributed by atoms with Crippen LogP contribution < -0.4 is 5.32 Å². The summed E-state index contributed by atoms with van der Waals surface area (Å²) in [6.07, 6.45) is 3.19. The molecule has 1 aliphatic rings. The fourth-order valence-corrected chi connectivity index (χ4v) is 4.12. The highest BCUT2D eigenvalue weighted by atomic mass is 127. The van der Waals surface area contributed by atoms with Gasteiger partial charge in [-0.25, -0.2) is 0 Å². The summed E-state index contributed by atoms with van der Waals surface area (Å²) in [5.41, 5.74) is 0. The molecule has 1 aromatic carbocycles. The first-order valence-electron chi connectivity index (χ1n) is 9.74. The molecule has 2 atom stereocenters. The maximum atomic E-state index is 9.90. The number of hydrogen-bond donors (Lipinski definition) is 2. The molecule has 0 radical (unpaired) electrons. The molecule has 0 spiro atoms. The molecule has 2 heterocycles. The number of halogens is 2. The Morgan fingerprint density at radius 2 is 2.17 bits per heavy atom. The fraction of sp³-hybridized carbons (Fsp3) is 0.476. The first kappa shape index (κ1) is 24.4. The van der Waals surface area contributed by atoms with Crippen LogP contribution in [-0.2, 0) is 6.42 Å². The van der Waals surface area contributed by atoms with Crippen LogP contribution in [0.4, 0.5) is 0 Å². The summed E-state index contributed by atoms with van der Waals surface area (Å²) in [7, 11) is 0. The van der Waals surface area contributed by atoms with Crippen molar-refractivity contribution in [1.82, 2.24) is 10.2 Å². The Morgan fingerprint density at radius 1 is 1.38 bits per heavy atom. The van der Waals surface area contributed by atoms with Crippen molar-refractivity contribution in [2.45, 2.75) is 30.8 Å². The second-order valence-electron chi connectivity index (χ2n) is 7.00. The number of nitrogens with one attached hydrogen (secondary N) is 1. The van der Waals surface area contributed by atoms with Crippen molar-refractivity contribution in [3.8, 4) is 0 Å². The number of hydrogen-bond acceptors (Lipinski definition) is 4. The minimum atomic E-state index is -0.283. The number of aliphatic imine (C=N–C) groups is 1. The van der Waals surface area contributed by atoms with E-state index in [-0.39, 0.29) is 30.1 Å². The Bertz CT molecular complexity index is 741. The van der Waals surface area contributed by atoms with Crippen LogP contribution in [0.3, 0.4) is 0 Å². The summed E-state index contributed by atoms with van der Waals surface area (Å²) < 4.78 is 5.40. The zero-order valence-corrected chi connectivity index (χ0v) is 20.5. The molecule has 2 aromatic rings. The molecule has 29 heavy (non-hydrogen) atoms. The number of benzene rings is 1. The molecule has 1 saturated heterocycles. The highest BCUT2D eigenvalue weighted by molar-refractivity contribution is 14.0. The summed E-state index contributed by atoms with van der Waals surface area (Å²) in [5, 5.41) is 14.2. The lowest BCUT2D eigenvalue weighted by atomic mass is 10.0. The van der Waals surface area contributed by atoms with Crippen molar-refractivity contribution in [1.29, 1.82) is 0 Å². The van der Waals surface area contributed by atoms with Gasteiger partial charge in [0.2, 0.25) is 0 Å². The third kappa shape index (κ3) is 8.03. The van der Waals surface area contributed by atoms with Gasteiger partial charge < -0.3 is 19.7 Å². The number of furan rings is 1. The van der Waals surface area contributed by atoms with Gasteiger partial charge in [-0.15, -0.1) is 35.7 Å². The number of thioether (sulfide) groups is 1. The van der Waals surface area contributed by atoms with Gasteiger partial charge in [-0.3, -0.25) is 4.99 Å². The number of aliphatic hydroxyl groups excluding tert-OH is 1. The monoisotopic (exact) mass is 549 g/mol. The lowest BCUT2D eigenvalue weighted by molar-refractivity contribution is 0.132. The Kier molecular flexibility index (Phi) is 10.7. The summed E-state index contributed by atoms with van der Waals surface area (Å²) >= 11 is 7.73. The van der Waals surface area contributed by atoms with Gasteiger partial charge >= 0.3 is 0 Å². The van der Waals surface area contributed by atoms with Crippen LogP contribution in [0.2, 0.25) is 5.02 Å². The zero-order chi connectivity index (χ0) is 19.8. The molecule has 2 unspecified atom stereocenters. The van der Waals surface area contributed by atoms with E-state index in [1.165, 1.54) is 4.90 Å². The lowest BCUT2D eigenvalue weighted by Gasteiger charge is -2.23. The summed E-state index contributed by atoms with van der Waals surface area (Å²) in [6, 6.07) is 11.8. The van der Waals surface area contributed by atoms with E-state index in [4.69, 9.17) is 21.0 Å². The predicted molar refractivity (Wildman–Crippen MR) is 132 cm³/mol. The van der Waals surface area contributed by atoms with E-state index in [9.17, 15) is 5.11 Å². The molecule has 8 heteroatoms. The number of likely N-dealkylation sites (tertiary alicyclic amines) is 1. The quantitative estimate of drug-likeness (QED) is 0.167. The van der Waals surface area contributed by atoms with Gasteiger partial charge in [0.15, 0.2) is 5.96 Å². The molecule has 0 aliphatic carbocycles. The molecular formula is C21H29ClIN3O2S. The maximum absolute atomic E-state index is 9.90. The molecule has 5 nitrogen and oxygen atoms in total. The van der Waals surface area contributed by atoms with Crippen molar-refractivity contribution in [2.24, 2.45) is 10.9 Å². The highest BCUT2D eigenvalue weighted by Gasteiger charge is 2.27. The molecule has 2 N–H and O–H groups in total. The SMILES string of the molecule is CC(O)C1CCN(C(=NCCc2ccco2)NCCSc2ccc(Cl)cc2)C1.I. The standard InChI is InChI=1S/C21H28ClN3O2S.HI/c1-16(26)17-9-12-25(15-17)21(23-10-8-19-3-2-13-27-19)24-11-14-28-20-6-4-18(22)5-7-20;/h2-7,13,16-17,26H,8-12,14-15H2,1H3,(H,23,24);1H. The van der Waals surface area contributed by atoms with Gasteiger partial charge in [-0.1, -0.05) is 11.6 Å². The van der Waals surface area contributed by atoms with Gasteiger partial charge in [-0.05, 0) is 49.7 Å². The van der Waals surface area contributed by atoms with E-state index in [0.717, 1.165) is 55.0 Å². The highest BCUT2D eigenvalue weighted by Crippen LogP contribution is 2.21. The van der Waals surface area contributed by atoms with Gasteiger partial charge in [0.25, 0.3) is 0 Å². The second kappa shape index (κ2) is 12.7. The van der Waals surface area contributed by atoms with E-state index in [1.807, 2.05) is 43.3 Å². The normalized spacial score (nSPS) is 17.8. The van der Waals surface area contributed by atoms with Gasteiger partial charge in [0.05, 0.1) is 12.4 Å². The topological polar surface area (TPSA) is 61.0 Å². The zero-order valence-electron chi connectivity index (χ0n) is 16.6. The third-order valence-electron chi connectivity index (χ3n) is 4.87. The Balaban J connectivity index is 0.00000300. The molecule has 1 aromatic heterocycles. The van der Waals surface area contributed by atoms with Crippen molar-refractivity contribution in [3.63, 3.8) is 0 Å². The average molecular weight is 550 g/mol. The third-order valence-corrected chi connectivity index (χ3v) is 6.14. The van der Waals surface area contributed by atoms with Crippen LogP contribution in [0.25, 0.3) is 0 Å².